The number of aromatic nitrogens is 1. The molecular weight excluding hydrogens is 222 g/mol. The lowest BCUT2D eigenvalue weighted by atomic mass is 10.1. The topological polar surface area (TPSA) is 42.1 Å². The van der Waals surface area contributed by atoms with Gasteiger partial charge in [-0.15, -0.1) is 0 Å². The van der Waals surface area contributed by atoms with Gasteiger partial charge in [-0.05, 0) is 37.8 Å². The Bertz CT molecular complexity index is 396. The van der Waals surface area contributed by atoms with Crippen LogP contribution in [0.2, 0.25) is 5.02 Å². The SMILES string of the molecule is NCCC1CC2CC2N1c1cncc(Cl)c1. The molecule has 2 N–H and O–H groups in total. The van der Waals surface area contributed by atoms with Crippen LogP contribution in [-0.4, -0.2) is 23.6 Å². The monoisotopic (exact) mass is 237 g/mol. The van der Waals surface area contributed by atoms with E-state index in [0.29, 0.717) is 11.1 Å². The van der Waals surface area contributed by atoms with Gasteiger partial charge >= 0.3 is 0 Å². The summed E-state index contributed by atoms with van der Waals surface area (Å²) in [6, 6.07) is 3.32. The van der Waals surface area contributed by atoms with E-state index in [0.717, 1.165) is 30.6 Å². The van der Waals surface area contributed by atoms with Gasteiger partial charge in [-0.2, -0.15) is 0 Å². The summed E-state index contributed by atoms with van der Waals surface area (Å²) in [6.07, 6.45) is 7.28. The molecule has 4 heteroatoms. The number of piperidine rings is 1. The van der Waals surface area contributed by atoms with Crippen LogP contribution in [0, 0.1) is 5.92 Å². The largest absolute Gasteiger partial charge is 0.364 e. The maximum Gasteiger partial charge on any atom is 0.0609 e. The van der Waals surface area contributed by atoms with Gasteiger partial charge in [0.1, 0.15) is 0 Å². The Morgan fingerprint density at radius 1 is 1.44 bits per heavy atom. The zero-order valence-corrected chi connectivity index (χ0v) is 9.90. The Morgan fingerprint density at radius 3 is 3.06 bits per heavy atom. The van der Waals surface area contributed by atoms with Crippen LogP contribution in [-0.2, 0) is 0 Å². The van der Waals surface area contributed by atoms with Gasteiger partial charge in [0.15, 0.2) is 0 Å². The van der Waals surface area contributed by atoms with Crippen molar-refractivity contribution < 1.29 is 0 Å². The van der Waals surface area contributed by atoms with Crippen LogP contribution in [0.15, 0.2) is 18.5 Å². The van der Waals surface area contributed by atoms with Gasteiger partial charge in [0, 0.05) is 18.3 Å². The van der Waals surface area contributed by atoms with Crippen LogP contribution in [0.3, 0.4) is 0 Å². The first-order valence-corrected chi connectivity index (χ1v) is 6.26. The highest BCUT2D eigenvalue weighted by Gasteiger charge is 2.51. The van der Waals surface area contributed by atoms with E-state index in [9.17, 15) is 0 Å². The van der Waals surface area contributed by atoms with Crippen molar-refractivity contribution in [3.63, 3.8) is 0 Å². The Kier molecular flexibility index (Phi) is 2.52. The third-order valence-electron chi connectivity index (χ3n) is 3.70. The second-order valence-corrected chi connectivity index (χ2v) is 5.24. The number of hydrogen-bond donors (Lipinski definition) is 1. The van der Waals surface area contributed by atoms with Gasteiger partial charge in [-0.3, -0.25) is 4.98 Å². The second kappa shape index (κ2) is 3.90. The standard InChI is InChI=1S/C12H16ClN3/c13-9-5-11(7-15-6-9)16-10(1-2-14)3-8-4-12(8)16/h5-8,10,12H,1-4,14H2. The summed E-state index contributed by atoms with van der Waals surface area (Å²) in [6.45, 7) is 0.759. The van der Waals surface area contributed by atoms with E-state index in [-0.39, 0.29) is 0 Å². The quantitative estimate of drug-likeness (QED) is 0.875. The molecule has 0 aromatic carbocycles. The summed E-state index contributed by atoms with van der Waals surface area (Å²) >= 11 is 6.00. The van der Waals surface area contributed by atoms with Gasteiger partial charge in [0.25, 0.3) is 0 Å². The van der Waals surface area contributed by atoms with Crippen molar-refractivity contribution in [1.82, 2.24) is 4.98 Å². The number of anilines is 1. The molecule has 16 heavy (non-hydrogen) atoms. The van der Waals surface area contributed by atoms with E-state index in [4.69, 9.17) is 17.3 Å². The van der Waals surface area contributed by atoms with Crippen molar-refractivity contribution in [2.75, 3.05) is 11.4 Å². The number of halogens is 1. The molecule has 1 aromatic heterocycles. The third kappa shape index (κ3) is 1.68. The summed E-state index contributed by atoms with van der Waals surface area (Å²) in [4.78, 5) is 6.65. The van der Waals surface area contributed by atoms with Crippen molar-refractivity contribution in [3.8, 4) is 0 Å². The molecule has 3 nitrogen and oxygen atoms in total. The first-order valence-electron chi connectivity index (χ1n) is 5.88. The molecule has 1 aliphatic carbocycles. The zero-order valence-electron chi connectivity index (χ0n) is 9.14. The molecular formula is C12H16ClN3. The van der Waals surface area contributed by atoms with Gasteiger partial charge in [-0.1, -0.05) is 11.6 Å². The van der Waals surface area contributed by atoms with Crippen molar-refractivity contribution >= 4 is 17.3 Å². The Hall–Kier alpha value is -0.800. The first kappa shape index (κ1) is 10.4. The predicted molar refractivity (Wildman–Crippen MR) is 65.7 cm³/mol. The molecule has 0 bridgehead atoms. The molecule has 2 aliphatic rings. The Labute approximate surface area is 101 Å². The lowest BCUT2D eigenvalue weighted by molar-refractivity contribution is 0.563. The lowest BCUT2D eigenvalue weighted by Gasteiger charge is -2.29. The van der Waals surface area contributed by atoms with Crippen LogP contribution >= 0.6 is 11.6 Å². The minimum absolute atomic E-state index is 0.592. The van der Waals surface area contributed by atoms with Crippen molar-refractivity contribution in [2.45, 2.75) is 31.3 Å². The summed E-state index contributed by atoms with van der Waals surface area (Å²) in [5.41, 5.74) is 6.83. The summed E-state index contributed by atoms with van der Waals surface area (Å²) < 4.78 is 0. The number of rotatable bonds is 3. The Balaban J connectivity index is 1.86. The number of pyridine rings is 1. The smallest absolute Gasteiger partial charge is 0.0609 e. The average molecular weight is 238 g/mol. The van der Waals surface area contributed by atoms with Crippen molar-refractivity contribution in [2.24, 2.45) is 11.7 Å². The third-order valence-corrected chi connectivity index (χ3v) is 3.91. The normalized spacial score (nSPS) is 31.6. The van der Waals surface area contributed by atoms with Gasteiger partial charge < -0.3 is 10.6 Å². The molecule has 1 aromatic rings. The number of nitrogens with two attached hydrogens (primary N) is 1. The molecule has 2 heterocycles. The van der Waals surface area contributed by atoms with E-state index < -0.39 is 0 Å². The number of fused-ring (bicyclic) bond motifs is 1. The summed E-state index contributed by atoms with van der Waals surface area (Å²) in [5, 5.41) is 0.716. The minimum atomic E-state index is 0.592. The highest BCUT2D eigenvalue weighted by atomic mass is 35.5. The number of hydrogen-bond acceptors (Lipinski definition) is 3. The fourth-order valence-corrected chi connectivity index (χ4v) is 3.12. The molecule has 1 saturated heterocycles. The zero-order chi connectivity index (χ0) is 11.1. The van der Waals surface area contributed by atoms with Crippen LogP contribution in [0.25, 0.3) is 0 Å². The molecule has 1 saturated carbocycles. The van der Waals surface area contributed by atoms with Crippen LogP contribution in [0.5, 0.6) is 0 Å². The molecule has 0 amide bonds. The summed E-state index contributed by atoms with van der Waals surface area (Å²) in [5.74, 6) is 0.885. The van der Waals surface area contributed by atoms with E-state index in [1.165, 1.54) is 12.8 Å². The second-order valence-electron chi connectivity index (χ2n) is 4.80. The van der Waals surface area contributed by atoms with Gasteiger partial charge in [-0.25, -0.2) is 0 Å². The van der Waals surface area contributed by atoms with E-state index >= 15 is 0 Å². The van der Waals surface area contributed by atoms with Gasteiger partial charge in [0.2, 0.25) is 0 Å². The minimum Gasteiger partial charge on any atom is -0.364 e. The van der Waals surface area contributed by atoms with E-state index in [2.05, 4.69) is 9.88 Å². The lowest BCUT2D eigenvalue weighted by Crippen LogP contribution is -2.34. The molecule has 0 spiro atoms. The molecule has 0 radical (unpaired) electrons. The molecule has 2 fully saturated rings. The molecule has 3 unspecified atom stereocenters. The molecule has 3 atom stereocenters. The first-order chi connectivity index (χ1) is 7.79. The molecule has 3 rings (SSSR count). The Morgan fingerprint density at radius 2 is 2.31 bits per heavy atom. The molecule has 86 valence electrons. The van der Waals surface area contributed by atoms with E-state index in [1.54, 1.807) is 6.20 Å². The number of nitrogens with zero attached hydrogens (tertiary/aromatic N) is 2. The maximum atomic E-state index is 6.00. The highest BCUT2D eigenvalue weighted by Crippen LogP contribution is 2.50. The van der Waals surface area contributed by atoms with Crippen molar-refractivity contribution in [3.05, 3.63) is 23.5 Å². The van der Waals surface area contributed by atoms with Crippen LogP contribution in [0.4, 0.5) is 5.69 Å². The van der Waals surface area contributed by atoms with Crippen LogP contribution in [0.1, 0.15) is 19.3 Å². The summed E-state index contributed by atoms with van der Waals surface area (Å²) in [7, 11) is 0. The van der Waals surface area contributed by atoms with E-state index in [1.807, 2.05) is 12.3 Å². The fraction of sp³-hybridized carbons (Fsp3) is 0.583. The van der Waals surface area contributed by atoms with Crippen molar-refractivity contribution in [1.29, 1.82) is 0 Å². The molecule has 1 aliphatic heterocycles. The highest BCUT2D eigenvalue weighted by molar-refractivity contribution is 6.30. The maximum absolute atomic E-state index is 6.00. The van der Waals surface area contributed by atoms with Gasteiger partial charge in [0.05, 0.1) is 16.9 Å². The predicted octanol–water partition coefficient (Wildman–Crippen LogP) is 2.05. The average Bonchev–Trinajstić information content (AvgIpc) is 2.91. The van der Waals surface area contributed by atoms with Crippen LogP contribution < -0.4 is 10.6 Å². The fourth-order valence-electron chi connectivity index (χ4n) is 2.95.